The topological polar surface area (TPSA) is 200 Å². The number of nitrogens with one attached hydrogen (secondary N) is 1. The number of methoxy groups -OCH3 is 1. The van der Waals surface area contributed by atoms with Gasteiger partial charge in [0.2, 0.25) is 5.91 Å². The van der Waals surface area contributed by atoms with Crippen LogP contribution in [0.5, 0.6) is 11.5 Å². The smallest absolute Gasteiger partial charge is 0.317 e. The molecule has 3 aliphatic heterocycles. The van der Waals surface area contributed by atoms with Gasteiger partial charge in [-0.05, 0) is 55.8 Å². The normalized spacial score (nSPS) is 17.6. The van der Waals surface area contributed by atoms with Gasteiger partial charge in [-0.1, -0.05) is 35.3 Å². The largest absolute Gasteiger partial charge is 0.496 e. The number of aliphatic carboxylic acids is 2. The standard InChI is InChI=1S/C46H54Cl2N8O10/c1-46(2)29-65-18-16-55(46)45(63)43-37-28-66-39-24-38(64-3)35(23-36(39)44(37)56(50-43)34-21-31(47)20-32(48)22-34)30-5-4-6-33(19-30)49-40(58)25-52-9-7-51(15-17-57)8-10-53(26-41(59)60)13-14-54(12-11-52)27-42(61)62/h4-6,17,19-24H,7-16,18,25-29H2,1-3H3,(H,49,58)(H,59,60)(H,61,62). The summed E-state index contributed by atoms with van der Waals surface area (Å²) < 4.78 is 19.6. The number of aldehydes is 1. The van der Waals surface area contributed by atoms with E-state index in [-0.39, 0.29) is 50.3 Å². The van der Waals surface area contributed by atoms with Crippen LogP contribution in [0.25, 0.3) is 28.1 Å². The first-order valence-electron chi connectivity index (χ1n) is 21.6. The molecule has 0 aliphatic carbocycles. The lowest BCUT2D eigenvalue weighted by Crippen LogP contribution is -2.55. The highest BCUT2D eigenvalue weighted by Crippen LogP contribution is 2.47. The first kappa shape index (κ1) is 48.3. The van der Waals surface area contributed by atoms with Gasteiger partial charge in [-0.2, -0.15) is 5.10 Å². The molecule has 20 heteroatoms. The number of fused-ring (bicyclic) bond motifs is 3. The molecule has 0 bridgehead atoms. The Morgan fingerprint density at radius 2 is 1.44 bits per heavy atom. The number of carboxylic acid groups (broad SMARTS) is 2. The maximum Gasteiger partial charge on any atom is 0.317 e. The summed E-state index contributed by atoms with van der Waals surface area (Å²) in [5.41, 5.74) is 3.92. The SMILES string of the molecule is COc1cc2c(cc1-c1cccc(NC(=O)CN3CCN(CC=O)CCN(CC(=O)O)CCN(CC(=O)O)CC3)c1)-c1c(c(C(=O)N3CCOCC3(C)C)nn1-c1cc(Cl)cc(Cl)c1)CO2. The number of carbonyl (C=O) groups excluding carboxylic acids is 3. The van der Waals surface area contributed by atoms with E-state index in [2.05, 4.69) is 5.32 Å². The molecule has 7 rings (SSSR count). The Balaban J connectivity index is 1.17. The highest BCUT2D eigenvalue weighted by atomic mass is 35.5. The summed E-state index contributed by atoms with van der Waals surface area (Å²) in [4.78, 5) is 72.2. The number of amides is 2. The fraction of sp³-hybridized carbons (Fsp3) is 0.435. The molecule has 0 spiro atoms. The summed E-state index contributed by atoms with van der Waals surface area (Å²) in [5.74, 6) is -1.57. The minimum Gasteiger partial charge on any atom is -0.496 e. The van der Waals surface area contributed by atoms with Gasteiger partial charge in [0.15, 0.2) is 5.69 Å². The van der Waals surface area contributed by atoms with Crippen LogP contribution in [0.4, 0.5) is 5.69 Å². The number of halogens is 2. The van der Waals surface area contributed by atoms with Gasteiger partial charge in [-0.3, -0.25) is 38.8 Å². The summed E-state index contributed by atoms with van der Waals surface area (Å²) in [6.45, 7) is 7.70. The molecule has 0 atom stereocenters. The van der Waals surface area contributed by atoms with Gasteiger partial charge in [0, 0.05) is 97.4 Å². The molecule has 1 aromatic heterocycles. The van der Waals surface area contributed by atoms with Crippen LogP contribution < -0.4 is 14.8 Å². The van der Waals surface area contributed by atoms with E-state index in [1.165, 1.54) is 0 Å². The molecule has 2 fully saturated rings. The maximum atomic E-state index is 14.4. The van der Waals surface area contributed by atoms with Gasteiger partial charge in [-0.25, -0.2) is 4.68 Å². The van der Waals surface area contributed by atoms with Crippen molar-refractivity contribution >= 4 is 58.9 Å². The number of anilines is 1. The minimum absolute atomic E-state index is 0.0202. The second-order valence-corrected chi connectivity index (χ2v) is 18.0. The van der Waals surface area contributed by atoms with Crippen LogP contribution in [0.1, 0.15) is 29.9 Å². The zero-order valence-electron chi connectivity index (χ0n) is 37.1. The molecular weight excluding hydrogens is 895 g/mol. The number of hydrogen-bond acceptors (Lipinski definition) is 13. The summed E-state index contributed by atoms with van der Waals surface area (Å²) in [7, 11) is 1.56. The number of morpholine rings is 1. The van der Waals surface area contributed by atoms with Crippen LogP contribution in [0.2, 0.25) is 10.0 Å². The molecule has 18 nitrogen and oxygen atoms in total. The van der Waals surface area contributed by atoms with Crippen molar-refractivity contribution in [3.8, 4) is 39.6 Å². The van der Waals surface area contributed by atoms with Crippen molar-refractivity contribution in [2.45, 2.75) is 26.0 Å². The average Bonchev–Trinajstić information content (AvgIpc) is 3.66. The van der Waals surface area contributed by atoms with E-state index in [1.54, 1.807) is 56.8 Å². The summed E-state index contributed by atoms with van der Waals surface area (Å²) in [5, 5.41) is 27.8. The number of carbonyl (C=O) groups is 5. The Morgan fingerprint density at radius 1 is 0.818 bits per heavy atom. The fourth-order valence-corrected chi connectivity index (χ4v) is 9.06. The van der Waals surface area contributed by atoms with Crippen molar-refractivity contribution in [3.05, 3.63) is 75.9 Å². The van der Waals surface area contributed by atoms with E-state index in [0.29, 0.717) is 133 Å². The quantitative estimate of drug-likeness (QED) is 0.161. The number of nitrogens with zero attached hydrogens (tertiary/aromatic N) is 7. The zero-order valence-corrected chi connectivity index (χ0v) is 38.6. The number of hydrogen-bond donors (Lipinski definition) is 3. The van der Waals surface area contributed by atoms with Gasteiger partial charge >= 0.3 is 11.9 Å². The Labute approximate surface area is 392 Å². The van der Waals surface area contributed by atoms with Crippen molar-refractivity contribution < 1.29 is 48.4 Å². The zero-order chi connectivity index (χ0) is 47.1. The van der Waals surface area contributed by atoms with Crippen LogP contribution in [0.3, 0.4) is 0 Å². The van der Waals surface area contributed by atoms with Crippen molar-refractivity contribution in [1.82, 2.24) is 34.3 Å². The van der Waals surface area contributed by atoms with E-state index in [1.807, 2.05) is 47.9 Å². The summed E-state index contributed by atoms with van der Waals surface area (Å²) in [6.07, 6.45) is 0.796. The first-order chi connectivity index (χ1) is 31.6. The molecule has 3 aliphatic rings. The molecule has 2 amide bonds. The Kier molecular flexibility index (Phi) is 15.6. The van der Waals surface area contributed by atoms with Crippen LogP contribution in [-0.2, 0) is 30.5 Å². The molecule has 2 saturated heterocycles. The van der Waals surface area contributed by atoms with Crippen LogP contribution in [0.15, 0.2) is 54.6 Å². The third kappa shape index (κ3) is 11.7. The minimum atomic E-state index is -1.01. The van der Waals surface area contributed by atoms with Crippen molar-refractivity contribution in [1.29, 1.82) is 0 Å². The average molecular weight is 950 g/mol. The van der Waals surface area contributed by atoms with Gasteiger partial charge < -0.3 is 39.4 Å². The monoisotopic (exact) mass is 948 g/mol. The second-order valence-electron chi connectivity index (χ2n) is 17.1. The van der Waals surface area contributed by atoms with Crippen molar-refractivity contribution in [2.75, 3.05) is 111 Å². The van der Waals surface area contributed by atoms with Gasteiger partial charge in [0.25, 0.3) is 5.91 Å². The third-order valence-electron chi connectivity index (χ3n) is 11.9. The van der Waals surface area contributed by atoms with Crippen LogP contribution >= 0.6 is 23.2 Å². The van der Waals surface area contributed by atoms with E-state index in [4.69, 9.17) is 42.5 Å². The van der Waals surface area contributed by atoms with Crippen molar-refractivity contribution in [3.63, 3.8) is 0 Å². The van der Waals surface area contributed by atoms with E-state index in [9.17, 15) is 34.2 Å². The van der Waals surface area contributed by atoms with E-state index < -0.39 is 17.5 Å². The predicted octanol–water partition coefficient (Wildman–Crippen LogP) is 4.19. The molecule has 4 aromatic rings. The molecule has 3 N–H and O–H groups in total. The lowest BCUT2D eigenvalue weighted by molar-refractivity contribution is -0.140. The number of ether oxygens (including phenoxy) is 3. The van der Waals surface area contributed by atoms with Crippen LogP contribution in [-0.4, -0.2) is 185 Å². The Hall–Kier alpha value is -5.60. The van der Waals surface area contributed by atoms with Gasteiger partial charge in [0.05, 0.1) is 63.4 Å². The summed E-state index contributed by atoms with van der Waals surface area (Å²) in [6, 6.07) is 16.1. The molecular formula is C46H54Cl2N8O10. The van der Waals surface area contributed by atoms with Gasteiger partial charge in [-0.15, -0.1) is 0 Å². The number of carboxylic acids is 2. The van der Waals surface area contributed by atoms with E-state index in [0.717, 1.165) is 6.29 Å². The second kappa shape index (κ2) is 21.4. The first-order valence-corrected chi connectivity index (χ1v) is 22.4. The predicted molar refractivity (Wildman–Crippen MR) is 247 cm³/mol. The number of aromatic nitrogens is 2. The molecule has 0 unspecified atom stereocenters. The van der Waals surface area contributed by atoms with Gasteiger partial charge in [0.1, 0.15) is 24.4 Å². The lowest BCUT2D eigenvalue weighted by Gasteiger charge is -2.41. The van der Waals surface area contributed by atoms with E-state index >= 15 is 0 Å². The molecule has 352 valence electrons. The molecule has 4 heterocycles. The Morgan fingerprint density at radius 3 is 2.03 bits per heavy atom. The molecule has 66 heavy (non-hydrogen) atoms. The highest BCUT2D eigenvalue weighted by molar-refractivity contribution is 6.34. The molecule has 0 saturated carbocycles. The van der Waals surface area contributed by atoms with Crippen molar-refractivity contribution in [2.24, 2.45) is 0 Å². The van der Waals surface area contributed by atoms with Crippen LogP contribution in [0, 0.1) is 0 Å². The summed E-state index contributed by atoms with van der Waals surface area (Å²) >= 11 is 13.0. The number of benzene rings is 3. The number of rotatable bonds is 13. The molecule has 3 aromatic carbocycles. The highest BCUT2D eigenvalue weighted by Gasteiger charge is 2.39. The third-order valence-corrected chi connectivity index (χ3v) is 12.3. The maximum absolute atomic E-state index is 14.4. The lowest BCUT2D eigenvalue weighted by atomic mass is 9.95. The fourth-order valence-electron chi connectivity index (χ4n) is 8.55. The Bertz CT molecular complexity index is 2450. The molecule has 0 radical (unpaired) electrons.